The molecule has 1 aromatic carbocycles. The number of halogens is 1. The third kappa shape index (κ3) is 3.44. The predicted molar refractivity (Wildman–Crippen MR) is 104 cm³/mol. The topological polar surface area (TPSA) is 70.4 Å². The van der Waals surface area contributed by atoms with Gasteiger partial charge in [-0.15, -0.1) is 11.3 Å². The molecule has 0 atom stereocenters. The van der Waals surface area contributed by atoms with E-state index >= 15 is 0 Å². The molecule has 0 saturated heterocycles. The van der Waals surface area contributed by atoms with E-state index in [1.54, 1.807) is 35.8 Å². The summed E-state index contributed by atoms with van der Waals surface area (Å²) in [7, 11) is 0. The lowest BCUT2D eigenvalue weighted by Crippen LogP contribution is -2.20. The predicted octanol–water partition coefficient (Wildman–Crippen LogP) is 3.60. The molecule has 27 heavy (non-hydrogen) atoms. The summed E-state index contributed by atoms with van der Waals surface area (Å²) in [4.78, 5) is 30.7. The average Bonchev–Trinajstić information content (AvgIpc) is 3.25. The molecule has 0 radical (unpaired) electrons. The van der Waals surface area contributed by atoms with E-state index in [9.17, 15) is 9.59 Å². The van der Waals surface area contributed by atoms with E-state index in [0.717, 1.165) is 18.7 Å². The van der Waals surface area contributed by atoms with Crippen molar-refractivity contribution in [2.45, 2.75) is 26.3 Å². The molecule has 1 aliphatic heterocycles. The van der Waals surface area contributed by atoms with Crippen molar-refractivity contribution in [1.29, 1.82) is 0 Å². The van der Waals surface area contributed by atoms with Crippen molar-refractivity contribution in [3.05, 3.63) is 55.9 Å². The fourth-order valence-electron chi connectivity index (χ4n) is 3.16. The van der Waals surface area contributed by atoms with Gasteiger partial charge in [-0.05, 0) is 43.2 Å². The smallest absolute Gasteiger partial charge is 0.348 e. The summed E-state index contributed by atoms with van der Waals surface area (Å²) < 4.78 is 12.5. The maximum Gasteiger partial charge on any atom is 0.348 e. The summed E-state index contributed by atoms with van der Waals surface area (Å²) >= 11 is 7.04. The molecule has 4 rings (SSSR count). The van der Waals surface area contributed by atoms with Crippen LogP contribution >= 0.6 is 22.9 Å². The quantitative estimate of drug-likeness (QED) is 0.480. The number of benzene rings is 1. The van der Waals surface area contributed by atoms with E-state index in [4.69, 9.17) is 21.1 Å². The number of carbonyl (C=O) groups excluding carboxylic acids is 1. The SMILES string of the molecule is Cc1c(C(=O)OCCOc2ccc(Cl)cc2)sc2nc3n(c(=O)c12)CCC3. The van der Waals surface area contributed by atoms with Crippen molar-refractivity contribution < 1.29 is 14.3 Å². The Morgan fingerprint density at radius 2 is 2.07 bits per heavy atom. The van der Waals surface area contributed by atoms with Gasteiger partial charge in [0.1, 0.15) is 34.5 Å². The number of esters is 1. The van der Waals surface area contributed by atoms with Crippen LogP contribution in [0.4, 0.5) is 0 Å². The minimum absolute atomic E-state index is 0.0635. The van der Waals surface area contributed by atoms with Crippen LogP contribution in [0.2, 0.25) is 5.02 Å². The third-order valence-electron chi connectivity index (χ3n) is 4.50. The van der Waals surface area contributed by atoms with Gasteiger partial charge < -0.3 is 9.47 Å². The van der Waals surface area contributed by atoms with Crippen LogP contribution in [0, 0.1) is 6.92 Å². The largest absolute Gasteiger partial charge is 0.490 e. The second-order valence-corrected chi connectivity index (χ2v) is 7.70. The Bertz CT molecular complexity index is 1070. The second-order valence-electron chi connectivity index (χ2n) is 6.26. The first-order chi connectivity index (χ1) is 13.0. The molecular formula is C19H17ClN2O4S. The van der Waals surface area contributed by atoms with Crippen LogP contribution in [0.15, 0.2) is 29.1 Å². The van der Waals surface area contributed by atoms with Crippen molar-refractivity contribution in [3.63, 3.8) is 0 Å². The molecule has 8 heteroatoms. The van der Waals surface area contributed by atoms with E-state index in [1.807, 2.05) is 0 Å². The summed E-state index contributed by atoms with van der Waals surface area (Å²) in [6.07, 6.45) is 1.73. The number of ether oxygens (including phenoxy) is 2. The van der Waals surface area contributed by atoms with Gasteiger partial charge in [0.2, 0.25) is 0 Å². The number of hydrogen-bond donors (Lipinski definition) is 0. The summed E-state index contributed by atoms with van der Waals surface area (Å²) in [5, 5.41) is 1.15. The number of aromatic nitrogens is 2. The van der Waals surface area contributed by atoms with Crippen molar-refractivity contribution >= 4 is 39.1 Å². The molecule has 3 aromatic rings. The highest BCUT2D eigenvalue weighted by Gasteiger charge is 2.23. The van der Waals surface area contributed by atoms with E-state index in [2.05, 4.69) is 4.98 Å². The molecule has 140 valence electrons. The molecule has 3 heterocycles. The second kappa shape index (κ2) is 7.32. The van der Waals surface area contributed by atoms with Gasteiger partial charge >= 0.3 is 5.97 Å². The minimum Gasteiger partial charge on any atom is -0.490 e. The first-order valence-corrected chi connectivity index (χ1v) is 9.82. The van der Waals surface area contributed by atoms with Crippen LogP contribution in [0.5, 0.6) is 5.75 Å². The van der Waals surface area contributed by atoms with Crippen molar-refractivity contribution in [1.82, 2.24) is 9.55 Å². The van der Waals surface area contributed by atoms with E-state index < -0.39 is 5.97 Å². The van der Waals surface area contributed by atoms with Crippen LogP contribution in [0.25, 0.3) is 10.2 Å². The van der Waals surface area contributed by atoms with Gasteiger partial charge in [0, 0.05) is 18.0 Å². The molecule has 1 aliphatic rings. The van der Waals surface area contributed by atoms with E-state index in [-0.39, 0.29) is 18.8 Å². The van der Waals surface area contributed by atoms with Crippen LogP contribution in [-0.4, -0.2) is 28.7 Å². The zero-order valence-electron chi connectivity index (χ0n) is 14.7. The minimum atomic E-state index is -0.459. The maximum absolute atomic E-state index is 12.7. The Morgan fingerprint density at radius 3 is 2.85 bits per heavy atom. The maximum atomic E-state index is 12.7. The van der Waals surface area contributed by atoms with Gasteiger partial charge in [0.25, 0.3) is 5.56 Å². The summed E-state index contributed by atoms with van der Waals surface area (Å²) in [5.74, 6) is 0.991. The molecular weight excluding hydrogens is 388 g/mol. The van der Waals surface area contributed by atoms with Crippen LogP contribution in [-0.2, 0) is 17.7 Å². The van der Waals surface area contributed by atoms with Crippen LogP contribution in [0.3, 0.4) is 0 Å². The Hall–Kier alpha value is -2.38. The van der Waals surface area contributed by atoms with Gasteiger partial charge in [-0.3, -0.25) is 9.36 Å². The molecule has 6 nitrogen and oxygen atoms in total. The zero-order chi connectivity index (χ0) is 19.0. The molecule has 0 aliphatic carbocycles. The highest BCUT2D eigenvalue weighted by molar-refractivity contribution is 7.20. The van der Waals surface area contributed by atoms with Gasteiger partial charge in [-0.2, -0.15) is 0 Å². The molecule has 0 spiro atoms. The summed E-state index contributed by atoms with van der Waals surface area (Å²) in [5.41, 5.74) is 0.574. The molecule has 0 saturated carbocycles. The fraction of sp³-hybridized carbons (Fsp3) is 0.316. The summed E-state index contributed by atoms with van der Waals surface area (Å²) in [6.45, 7) is 2.80. The van der Waals surface area contributed by atoms with E-state index in [1.165, 1.54) is 11.3 Å². The Morgan fingerprint density at radius 1 is 1.30 bits per heavy atom. The molecule has 0 amide bonds. The van der Waals surface area contributed by atoms with Crippen LogP contribution in [0.1, 0.15) is 27.5 Å². The first kappa shape index (κ1) is 18.0. The number of thiophene rings is 1. The van der Waals surface area contributed by atoms with Crippen molar-refractivity contribution in [2.75, 3.05) is 13.2 Å². The number of rotatable bonds is 5. The van der Waals surface area contributed by atoms with Gasteiger partial charge in [0.15, 0.2) is 0 Å². The third-order valence-corrected chi connectivity index (χ3v) is 5.91. The average molecular weight is 405 g/mol. The first-order valence-electron chi connectivity index (χ1n) is 8.63. The highest BCUT2D eigenvalue weighted by atomic mass is 35.5. The Balaban J connectivity index is 1.45. The van der Waals surface area contributed by atoms with Gasteiger partial charge in [-0.25, -0.2) is 9.78 Å². The standard InChI is InChI=1S/C19H17ClN2O4S/c1-11-15-17(21-14-3-2-8-22(14)18(15)23)27-16(11)19(24)26-10-9-25-13-6-4-12(20)5-7-13/h4-7H,2-3,8-10H2,1H3. The Labute approximate surface area is 164 Å². The van der Waals surface area contributed by atoms with Gasteiger partial charge in [0.05, 0.1) is 5.39 Å². The van der Waals surface area contributed by atoms with Crippen LogP contribution < -0.4 is 10.3 Å². The molecule has 2 aromatic heterocycles. The molecule has 0 unspecified atom stereocenters. The summed E-state index contributed by atoms with van der Waals surface area (Å²) in [6, 6.07) is 6.95. The zero-order valence-corrected chi connectivity index (χ0v) is 16.2. The normalized spacial score (nSPS) is 13.0. The number of carbonyl (C=O) groups is 1. The number of fused-ring (bicyclic) bond motifs is 2. The van der Waals surface area contributed by atoms with Crippen molar-refractivity contribution in [2.24, 2.45) is 0 Å². The number of aryl methyl sites for hydroxylation is 2. The molecule has 0 bridgehead atoms. The lowest BCUT2D eigenvalue weighted by molar-refractivity contribution is 0.0455. The lowest BCUT2D eigenvalue weighted by Gasteiger charge is -2.07. The number of hydrogen-bond acceptors (Lipinski definition) is 6. The van der Waals surface area contributed by atoms with E-state index in [0.29, 0.717) is 38.0 Å². The highest BCUT2D eigenvalue weighted by Crippen LogP contribution is 2.29. The monoisotopic (exact) mass is 404 g/mol. The molecule has 0 fully saturated rings. The molecule has 0 N–H and O–H groups in total. The number of nitrogens with zero attached hydrogens (tertiary/aromatic N) is 2. The lowest BCUT2D eigenvalue weighted by atomic mass is 10.2. The fourth-order valence-corrected chi connectivity index (χ4v) is 4.37. The van der Waals surface area contributed by atoms with Gasteiger partial charge in [-0.1, -0.05) is 11.6 Å². The van der Waals surface area contributed by atoms with Crippen molar-refractivity contribution in [3.8, 4) is 5.75 Å². The Kier molecular flexibility index (Phi) is 4.88.